The van der Waals surface area contributed by atoms with Crippen LogP contribution >= 0.6 is 0 Å². The van der Waals surface area contributed by atoms with Gasteiger partial charge in [-0.25, -0.2) is 9.48 Å². The maximum absolute atomic E-state index is 13.6. The third-order valence-electron chi connectivity index (χ3n) is 8.53. The number of nitrogens with zero attached hydrogens (tertiary/aromatic N) is 2. The molecule has 2 amide bonds. The van der Waals surface area contributed by atoms with E-state index in [0.717, 1.165) is 32.1 Å². The van der Waals surface area contributed by atoms with Crippen LogP contribution in [0.3, 0.4) is 0 Å². The van der Waals surface area contributed by atoms with Gasteiger partial charge in [0.2, 0.25) is 5.88 Å². The molecule has 1 heterocycles. The van der Waals surface area contributed by atoms with Gasteiger partial charge in [-0.3, -0.25) is 14.4 Å². The van der Waals surface area contributed by atoms with E-state index in [-0.39, 0.29) is 41.3 Å². The van der Waals surface area contributed by atoms with E-state index in [1.165, 1.54) is 17.8 Å². The molecule has 1 aromatic heterocycles. The van der Waals surface area contributed by atoms with E-state index < -0.39 is 11.5 Å². The number of carbonyl (C=O) groups is 4. The quantitative estimate of drug-likeness (QED) is 0.380. The molecule has 39 heavy (non-hydrogen) atoms. The second-order valence-corrected chi connectivity index (χ2v) is 12.9. The summed E-state index contributed by atoms with van der Waals surface area (Å²) >= 11 is 0. The summed E-state index contributed by atoms with van der Waals surface area (Å²) < 4.78 is 12.8. The van der Waals surface area contributed by atoms with Gasteiger partial charge < -0.3 is 20.5 Å². The Labute approximate surface area is 230 Å². The Kier molecular flexibility index (Phi) is 8.23. The van der Waals surface area contributed by atoms with E-state index >= 15 is 0 Å². The van der Waals surface area contributed by atoms with Crippen LogP contribution in [0.1, 0.15) is 83.5 Å². The van der Waals surface area contributed by atoms with Gasteiger partial charge in [0.15, 0.2) is 0 Å². The summed E-state index contributed by atoms with van der Waals surface area (Å²) in [7, 11) is 0. The van der Waals surface area contributed by atoms with Crippen LogP contribution in [0.2, 0.25) is 0 Å². The zero-order chi connectivity index (χ0) is 28.5. The highest BCUT2D eigenvalue weighted by Crippen LogP contribution is 2.60. The van der Waals surface area contributed by atoms with E-state index in [0.29, 0.717) is 42.4 Å². The first-order valence-electron chi connectivity index (χ1n) is 13.9. The maximum atomic E-state index is 13.6. The van der Waals surface area contributed by atoms with Crippen LogP contribution in [-0.2, 0) is 14.3 Å². The number of hydrogen-bond donors (Lipinski definition) is 2. The van der Waals surface area contributed by atoms with Gasteiger partial charge in [0, 0.05) is 23.1 Å². The van der Waals surface area contributed by atoms with Gasteiger partial charge in [-0.15, -0.1) is 0 Å². The molecule has 10 heteroatoms. The lowest BCUT2D eigenvalue weighted by molar-refractivity contribution is -0.129. The van der Waals surface area contributed by atoms with Crippen molar-refractivity contribution in [3.8, 4) is 5.88 Å². The lowest BCUT2D eigenvalue weighted by Crippen LogP contribution is -2.60. The van der Waals surface area contributed by atoms with Crippen molar-refractivity contribution in [2.24, 2.45) is 40.2 Å². The van der Waals surface area contributed by atoms with Crippen LogP contribution in [-0.4, -0.2) is 52.6 Å². The average molecular weight is 543 g/mol. The third kappa shape index (κ3) is 6.53. The molecule has 214 valence electrons. The summed E-state index contributed by atoms with van der Waals surface area (Å²) in [6, 6.07) is 0.0377. The van der Waals surface area contributed by atoms with E-state index in [4.69, 9.17) is 15.2 Å². The molecule has 0 aliphatic heterocycles. The fourth-order valence-electron chi connectivity index (χ4n) is 6.86. The second kappa shape index (κ2) is 11.1. The third-order valence-corrected chi connectivity index (χ3v) is 8.53. The van der Waals surface area contributed by atoms with Crippen molar-refractivity contribution in [2.45, 2.75) is 79.2 Å². The second-order valence-electron chi connectivity index (χ2n) is 12.9. The normalized spacial score (nSPS) is 27.6. The molecule has 4 fully saturated rings. The Bertz CT molecular complexity index is 1140. The number of ether oxygens (including phenoxy) is 2. The summed E-state index contributed by atoms with van der Waals surface area (Å²) in [6.45, 7) is 9.67. The monoisotopic (exact) mass is 542 g/mol. The van der Waals surface area contributed by atoms with Crippen LogP contribution in [0.4, 0.5) is 4.79 Å². The van der Waals surface area contributed by atoms with Crippen LogP contribution in [0, 0.1) is 34.5 Å². The number of primary amides is 1. The molecule has 1 aromatic rings. The van der Waals surface area contributed by atoms with E-state index in [9.17, 15) is 19.2 Å². The minimum atomic E-state index is -0.885. The first-order chi connectivity index (χ1) is 18.3. The van der Waals surface area contributed by atoms with Gasteiger partial charge in [-0.05, 0) is 76.5 Å². The first kappa shape index (κ1) is 28.8. The van der Waals surface area contributed by atoms with Crippen LogP contribution < -0.4 is 15.8 Å². The Hall–Kier alpha value is -3.17. The van der Waals surface area contributed by atoms with Crippen LogP contribution in [0.15, 0.2) is 12.3 Å². The molecule has 2 unspecified atom stereocenters. The van der Waals surface area contributed by atoms with Gasteiger partial charge in [0.05, 0.1) is 25.8 Å². The Morgan fingerprint density at radius 1 is 1.21 bits per heavy atom. The van der Waals surface area contributed by atoms with E-state index in [1.54, 1.807) is 26.1 Å². The first-order valence-corrected chi connectivity index (χ1v) is 13.9. The van der Waals surface area contributed by atoms with Gasteiger partial charge >= 0.3 is 6.09 Å². The smallest absolute Gasteiger partial charge is 0.404 e. The minimum absolute atomic E-state index is 0.0377. The maximum Gasteiger partial charge on any atom is 0.404 e. The SMILES string of the molecule is CC(=O)CC(=O)C(C)(C)/C=C/n1ncc(C(=O)NC2C3CC4CC2CC(COC(N)=O)(C4)C3)c1OCC(C)C. The number of nitrogens with one attached hydrogen (secondary N) is 1. The van der Waals surface area contributed by atoms with Crippen molar-refractivity contribution in [2.75, 3.05) is 13.2 Å². The molecule has 4 aliphatic carbocycles. The number of aromatic nitrogens is 2. The molecule has 4 aliphatic rings. The summed E-state index contributed by atoms with van der Waals surface area (Å²) in [5, 5.41) is 7.67. The topological polar surface area (TPSA) is 143 Å². The fraction of sp³-hybridized carbons (Fsp3) is 0.690. The zero-order valence-electron chi connectivity index (χ0n) is 23.7. The van der Waals surface area contributed by atoms with Gasteiger partial charge in [0.25, 0.3) is 5.91 Å². The highest BCUT2D eigenvalue weighted by atomic mass is 16.5. The average Bonchev–Trinajstić information content (AvgIpc) is 3.24. The predicted octanol–water partition coefficient (Wildman–Crippen LogP) is 3.98. The molecule has 3 N–H and O–H groups in total. The van der Waals surface area contributed by atoms with Crippen molar-refractivity contribution < 1.29 is 28.7 Å². The summed E-state index contributed by atoms with van der Waals surface area (Å²) in [5.74, 6) is 1.16. The summed E-state index contributed by atoms with van der Waals surface area (Å²) in [4.78, 5) is 48.8. The highest BCUT2D eigenvalue weighted by Gasteiger charge is 2.56. The van der Waals surface area contributed by atoms with Crippen molar-refractivity contribution in [3.63, 3.8) is 0 Å². The van der Waals surface area contributed by atoms with Gasteiger partial charge in [-0.2, -0.15) is 5.10 Å². The van der Waals surface area contributed by atoms with Crippen LogP contribution in [0.5, 0.6) is 5.88 Å². The number of rotatable bonds is 12. The number of carbonyl (C=O) groups excluding carboxylic acids is 4. The van der Waals surface area contributed by atoms with E-state index in [1.807, 2.05) is 13.8 Å². The Balaban J connectivity index is 1.51. The molecule has 4 saturated carbocycles. The standard InChI is InChI=1S/C29H42N4O6/c1-17(2)15-38-26-22(14-31-33(26)7-6-28(4,5)23(35)8-18(3)34)25(36)32-24-20-9-19-10-21(24)13-29(11-19,12-20)16-39-27(30)37/h6-7,14,17,19-21,24H,8-13,15-16H2,1-5H3,(H2,30,37)(H,32,36)/b7-6+. The number of hydrogen-bond acceptors (Lipinski definition) is 7. The highest BCUT2D eigenvalue weighted by molar-refractivity contribution is 6.01. The molecular formula is C29H42N4O6. The molecule has 0 saturated heterocycles. The minimum Gasteiger partial charge on any atom is -0.477 e. The molecule has 2 atom stereocenters. The van der Waals surface area contributed by atoms with Crippen molar-refractivity contribution in [1.82, 2.24) is 15.1 Å². The fourth-order valence-corrected chi connectivity index (χ4v) is 6.86. The molecule has 0 aromatic carbocycles. The Morgan fingerprint density at radius 2 is 1.87 bits per heavy atom. The molecule has 10 nitrogen and oxygen atoms in total. The van der Waals surface area contributed by atoms with Crippen molar-refractivity contribution in [1.29, 1.82) is 0 Å². The van der Waals surface area contributed by atoms with Gasteiger partial charge in [0.1, 0.15) is 17.1 Å². The van der Waals surface area contributed by atoms with Crippen LogP contribution in [0.25, 0.3) is 6.20 Å². The molecular weight excluding hydrogens is 500 g/mol. The zero-order valence-corrected chi connectivity index (χ0v) is 23.7. The summed E-state index contributed by atoms with van der Waals surface area (Å²) in [5.41, 5.74) is 4.66. The Morgan fingerprint density at radius 3 is 2.46 bits per heavy atom. The molecule has 4 bridgehead atoms. The number of allylic oxidation sites excluding steroid dienone is 1. The summed E-state index contributed by atoms with van der Waals surface area (Å²) in [6.07, 6.45) is 8.90. The number of amides is 2. The predicted molar refractivity (Wildman–Crippen MR) is 145 cm³/mol. The van der Waals surface area contributed by atoms with Crippen molar-refractivity contribution in [3.05, 3.63) is 17.8 Å². The van der Waals surface area contributed by atoms with Gasteiger partial charge in [-0.1, -0.05) is 19.9 Å². The number of ketones is 2. The molecule has 0 spiro atoms. The lowest BCUT2D eigenvalue weighted by Gasteiger charge is -2.59. The number of nitrogens with two attached hydrogens (primary N) is 1. The lowest BCUT2D eigenvalue weighted by atomic mass is 9.48. The molecule has 0 radical (unpaired) electrons. The number of Topliss-reactive ketones (excluding diaryl/α,β-unsaturated/α-hetero) is 2. The largest absolute Gasteiger partial charge is 0.477 e. The van der Waals surface area contributed by atoms with Crippen molar-refractivity contribution >= 4 is 29.8 Å². The molecule has 5 rings (SSSR count). The van der Waals surface area contributed by atoms with E-state index in [2.05, 4.69) is 10.4 Å².